The number of aliphatic hydroxyl groups is 2. The predicted molar refractivity (Wildman–Crippen MR) is 152 cm³/mol. The van der Waals surface area contributed by atoms with Gasteiger partial charge in [0.2, 0.25) is 0 Å². The molecule has 208 valence electrons. The summed E-state index contributed by atoms with van der Waals surface area (Å²) < 4.78 is 25.9. The average molecular weight is 551 g/mol. The highest BCUT2D eigenvalue weighted by molar-refractivity contribution is 7.91. The minimum Gasteiger partial charge on any atom is -0.389 e. The van der Waals surface area contributed by atoms with Gasteiger partial charge in [0.1, 0.15) is 6.10 Å². The molecule has 0 bridgehead atoms. The number of hydrogen-bond donors (Lipinski definition) is 3. The van der Waals surface area contributed by atoms with E-state index < -0.39 is 33.7 Å². The van der Waals surface area contributed by atoms with Crippen molar-refractivity contribution in [1.29, 1.82) is 0 Å². The van der Waals surface area contributed by atoms with Gasteiger partial charge in [-0.05, 0) is 85.2 Å². The first kappa shape index (κ1) is 27.8. The summed E-state index contributed by atoms with van der Waals surface area (Å²) in [5, 5.41) is 25.6. The highest BCUT2D eigenvalue weighted by Gasteiger charge is 2.32. The van der Waals surface area contributed by atoms with Crippen molar-refractivity contribution < 1.29 is 23.4 Å². The van der Waals surface area contributed by atoms with Gasteiger partial charge in [-0.3, -0.25) is 9.69 Å². The van der Waals surface area contributed by atoms with E-state index in [0.29, 0.717) is 6.04 Å². The molecule has 3 N–H and O–H groups in total. The molecule has 39 heavy (non-hydrogen) atoms. The number of nitrogens with one attached hydrogen (secondary N) is 1. The molecule has 7 nitrogen and oxygen atoms in total. The Balaban J connectivity index is 1.22. The number of nitrogens with zero attached hydrogens (tertiary/aromatic N) is 1. The summed E-state index contributed by atoms with van der Waals surface area (Å²) in [6, 6.07) is 18.8. The van der Waals surface area contributed by atoms with E-state index in [0.717, 1.165) is 48.7 Å². The Hall–Kier alpha value is -2.78. The number of sulfone groups is 1. The molecule has 1 heterocycles. The molecule has 8 heteroatoms. The number of rotatable bonds is 8. The number of likely N-dealkylation sites (tertiary alicyclic amines) is 1. The van der Waals surface area contributed by atoms with Crippen LogP contribution in [0.2, 0.25) is 0 Å². The number of piperidine rings is 1. The van der Waals surface area contributed by atoms with Crippen LogP contribution in [-0.2, 0) is 27.6 Å². The van der Waals surface area contributed by atoms with E-state index >= 15 is 0 Å². The maximum absolute atomic E-state index is 13.0. The van der Waals surface area contributed by atoms with Crippen LogP contribution >= 0.6 is 0 Å². The van der Waals surface area contributed by atoms with Gasteiger partial charge in [0.15, 0.2) is 15.9 Å². The number of aryl methyl sites for hydroxylation is 1. The fourth-order valence-corrected chi connectivity index (χ4v) is 7.35. The molecular weight excluding hydrogens is 512 g/mol. The third kappa shape index (κ3) is 6.35. The van der Waals surface area contributed by atoms with Gasteiger partial charge in [0, 0.05) is 12.6 Å². The predicted octanol–water partition coefficient (Wildman–Crippen LogP) is 3.90. The van der Waals surface area contributed by atoms with Crippen molar-refractivity contribution in [3.8, 4) is 0 Å². The Morgan fingerprint density at radius 1 is 1.00 bits per heavy atom. The van der Waals surface area contributed by atoms with E-state index in [2.05, 4.69) is 35.3 Å². The molecule has 0 spiro atoms. The Morgan fingerprint density at radius 3 is 2.59 bits per heavy atom. The maximum Gasteiger partial charge on any atom is 0.252 e. The zero-order chi connectivity index (χ0) is 27.6. The van der Waals surface area contributed by atoms with Crippen LogP contribution in [0.5, 0.6) is 0 Å². The highest BCUT2D eigenvalue weighted by Crippen LogP contribution is 2.31. The van der Waals surface area contributed by atoms with Crippen molar-refractivity contribution in [3.63, 3.8) is 0 Å². The highest BCUT2D eigenvalue weighted by atomic mass is 32.2. The summed E-state index contributed by atoms with van der Waals surface area (Å²) in [7, 11) is -3.93. The summed E-state index contributed by atoms with van der Waals surface area (Å²) in [4.78, 5) is 15.5. The minimum atomic E-state index is -3.93. The third-order valence-corrected chi connectivity index (χ3v) is 10.0. The Morgan fingerprint density at radius 2 is 1.79 bits per heavy atom. The summed E-state index contributed by atoms with van der Waals surface area (Å²) in [6.07, 6.45) is 2.71. The maximum atomic E-state index is 13.0. The van der Waals surface area contributed by atoms with Crippen molar-refractivity contribution in [2.45, 2.75) is 81.2 Å². The van der Waals surface area contributed by atoms with Crippen LogP contribution in [0, 0.1) is 0 Å². The largest absolute Gasteiger partial charge is 0.389 e. The van der Waals surface area contributed by atoms with Crippen LogP contribution in [0.4, 0.5) is 0 Å². The molecule has 1 aliphatic carbocycles. The summed E-state index contributed by atoms with van der Waals surface area (Å²) in [5.41, 5.74) is 3.49. The molecule has 0 unspecified atom stereocenters. The topological polar surface area (TPSA) is 107 Å². The second-order valence-corrected chi connectivity index (χ2v) is 13.1. The number of amides is 1. The zero-order valence-electron chi connectivity index (χ0n) is 22.4. The standard InChI is InChI=1S/C31H38N2O5S/c1-21-7-4-5-16-33(21)19-22-12-15-27-25(17-22)10-6-11-28(27)32-31(36)30(35)29(34)20-39(37,38)26-14-13-23-8-2-3-9-24(23)18-26/h2-3,8-9,12-15,17-18,21,28-30,34-35H,4-7,10-11,16,19-20H2,1H3,(H,32,36)/t21-,28+,29+,30+/m0/s1. The molecular formula is C31H38N2O5S. The van der Waals surface area contributed by atoms with Gasteiger partial charge >= 0.3 is 0 Å². The fourth-order valence-electron chi connectivity index (χ4n) is 5.95. The van der Waals surface area contributed by atoms with Gasteiger partial charge in [-0.2, -0.15) is 0 Å². The quantitative estimate of drug-likeness (QED) is 0.393. The van der Waals surface area contributed by atoms with E-state index in [4.69, 9.17) is 0 Å². The lowest BCUT2D eigenvalue weighted by Crippen LogP contribution is -2.46. The normalized spacial score (nSPS) is 21.7. The molecule has 0 radical (unpaired) electrons. The van der Waals surface area contributed by atoms with Gasteiger partial charge < -0.3 is 15.5 Å². The van der Waals surface area contributed by atoms with Crippen molar-refractivity contribution in [3.05, 3.63) is 77.4 Å². The smallest absolute Gasteiger partial charge is 0.252 e. The van der Waals surface area contributed by atoms with Crippen LogP contribution < -0.4 is 5.32 Å². The summed E-state index contributed by atoms with van der Waals surface area (Å²) in [6.45, 7) is 4.33. The number of carbonyl (C=O) groups excluding carboxylic acids is 1. The molecule has 5 rings (SSSR count). The Labute approximate surface area is 230 Å². The Kier molecular flexibility index (Phi) is 8.38. The molecule has 1 aliphatic heterocycles. The van der Waals surface area contributed by atoms with E-state index in [9.17, 15) is 23.4 Å². The number of fused-ring (bicyclic) bond motifs is 2. The number of hydrogen-bond acceptors (Lipinski definition) is 6. The number of aliphatic hydroxyl groups excluding tert-OH is 2. The second kappa shape index (κ2) is 11.8. The van der Waals surface area contributed by atoms with Crippen LogP contribution in [-0.4, -0.2) is 60.0 Å². The van der Waals surface area contributed by atoms with Gasteiger partial charge in [-0.25, -0.2) is 8.42 Å². The first-order chi connectivity index (χ1) is 18.7. The average Bonchev–Trinajstić information content (AvgIpc) is 2.93. The van der Waals surface area contributed by atoms with Crippen LogP contribution in [0.15, 0.2) is 65.6 Å². The first-order valence-electron chi connectivity index (χ1n) is 13.9. The molecule has 1 saturated heterocycles. The van der Waals surface area contributed by atoms with E-state index in [1.54, 1.807) is 12.1 Å². The SMILES string of the molecule is C[C@H]1CCCCN1Cc1ccc2c(c1)CCC[C@H]2NC(=O)[C@H](O)[C@H](O)CS(=O)(=O)c1ccc2ccccc2c1. The molecule has 1 fully saturated rings. The van der Waals surface area contributed by atoms with E-state index in [-0.39, 0.29) is 10.9 Å². The molecule has 4 atom stereocenters. The van der Waals surface area contributed by atoms with Crippen molar-refractivity contribution in [2.75, 3.05) is 12.3 Å². The lowest BCUT2D eigenvalue weighted by Gasteiger charge is -2.34. The fraction of sp³-hybridized carbons (Fsp3) is 0.452. The lowest BCUT2D eigenvalue weighted by molar-refractivity contribution is -0.135. The van der Waals surface area contributed by atoms with Crippen molar-refractivity contribution >= 4 is 26.5 Å². The zero-order valence-corrected chi connectivity index (χ0v) is 23.2. The molecule has 0 saturated carbocycles. The van der Waals surface area contributed by atoms with Crippen LogP contribution in [0.25, 0.3) is 10.8 Å². The van der Waals surface area contributed by atoms with Gasteiger partial charge in [0.25, 0.3) is 5.91 Å². The van der Waals surface area contributed by atoms with E-state index in [1.807, 2.05) is 24.3 Å². The monoisotopic (exact) mass is 550 g/mol. The van der Waals surface area contributed by atoms with Gasteiger partial charge in [-0.1, -0.05) is 55.0 Å². The van der Waals surface area contributed by atoms with Crippen molar-refractivity contribution in [2.24, 2.45) is 0 Å². The van der Waals surface area contributed by atoms with Crippen LogP contribution in [0.3, 0.4) is 0 Å². The lowest BCUT2D eigenvalue weighted by atomic mass is 9.86. The van der Waals surface area contributed by atoms with Crippen LogP contribution in [0.1, 0.15) is 61.8 Å². The van der Waals surface area contributed by atoms with Gasteiger partial charge in [0.05, 0.1) is 16.7 Å². The minimum absolute atomic E-state index is 0.0452. The first-order valence-corrected chi connectivity index (χ1v) is 15.6. The molecule has 2 aliphatic rings. The van der Waals surface area contributed by atoms with Crippen molar-refractivity contribution in [1.82, 2.24) is 10.2 Å². The Bertz CT molecular complexity index is 1440. The third-order valence-electron chi connectivity index (χ3n) is 8.27. The summed E-state index contributed by atoms with van der Waals surface area (Å²) in [5.74, 6) is -1.51. The number of benzene rings is 3. The number of carbonyl (C=O) groups is 1. The second-order valence-electron chi connectivity index (χ2n) is 11.1. The van der Waals surface area contributed by atoms with Gasteiger partial charge in [-0.15, -0.1) is 0 Å². The molecule has 3 aromatic rings. The molecule has 3 aromatic carbocycles. The summed E-state index contributed by atoms with van der Waals surface area (Å²) >= 11 is 0. The molecule has 1 amide bonds. The molecule has 0 aromatic heterocycles. The van der Waals surface area contributed by atoms with E-state index in [1.165, 1.54) is 36.5 Å².